The zero-order chi connectivity index (χ0) is 13.7. The highest BCUT2D eigenvalue weighted by Crippen LogP contribution is 2.44. The van der Waals surface area contributed by atoms with Crippen LogP contribution in [0.5, 0.6) is 0 Å². The lowest BCUT2D eigenvalue weighted by Gasteiger charge is -2.38. The predicted molar refractivity (Wildman–Crippen MR) is 81.9 cm³/mol. The van der Waals surface area contributed by atoms with Gasteiger partial charge in [0.05, 0.1) is 0 Å². The molecule has 0 fully saturated rings. The number of thioether (sulfide) groups is 1. The van der Waals surface area contributed by atoms with Crippen LogP contribution in [0.1, 0.15) is 54.0 Å². The lowest BCUT2D eigenvalue weighted by Crippen LogP contribution is -2.32. The van der Waals surface area contributed by atoms with Gasteiger partial charge in [-0.25, -0.2) is 0 Å². The minimum absolute atomic E-state index is 0.251. The van der Waals surface area contributed by atoms with E-state index in [1.54, 1.807) is 0 Å². The molecule has 0 saturated heterocycles. The van der Waals surface area contributed by atoms with Gasteiger partial charge in [0.15, 0.2) is 0 Å². The van der Waals surface area contributed by atoms with Crippen LogP contribution in [0.2, 0.25) is 0 Å². The summed E-state index contributed by atoms with van der Waals surface area (Å²) in [5.74, 6) is 0. The van der Waals surface area contributed by atoms with Crippen molar-refractivity contribution < 1.29 is 0 Å². The number of benzene rings is 1. The fourth-order valence-corrected chi connectivity index (χ4v) is 2.41. The summed E-state index contributed by atoms with van der Waals surface area (Å²) in [5.41, 5.74) is 1.64. The van der Waals surface area contributed by atoms with E-state index in [2.05, 4.69) is 65.8 Å². The summed E-state index contributed by atoms with van der Waals surface area (Å²) in [6.07, 6.45) is 0. The maximum Gasteiger partial charge on any atom is 0.0199 e. The van der Waals surface area contributed by atoms with Crippen LogP contribution in [-0.4, -0.2) is 4.75 Å². The summed E-state index contributed by atoms with van der Waals surface area (Å²) in [6, 6.07) is 8.74. The third-order valence-corrected chi connectivity index (χ3v) is 4.78. The van der Waals surface area contributed by atoms with Gasteiger partial charge < -0.3 is 0 Å². The first-order valence-corrected chi connectivity index (χ1v) is 7.30. The van der Waals surface area contributed by atoms with Crippen molar-refractivity contribution in [2.45, 2.75) is 65.0 Å². The van der Waals surface area contributed by atoms with Crippen LogP contribution in [0.3, 0.4) is 0 Å². The van der Waals surface area contributed by atoms with E-state index in [0.717, 1.165) is 0 Å². The van der Waals surface area contributed by atoms with Crippen LogP contribution < -0.4 is 0 Å². The molecule has 0 aliphatic carbocycles. The van der Waals surface area contributed by atoms with Crippen molar-refractivity contribution in [1.29, 1.82) is 0 Å². The Hall–Kier alpha value is -0.430. The molecule has 17 heavy (non-hydrogen) atoms. The van der Waals surface area contributed by atoms with Crippen LogP contribution in [0.4, 0.5) is 0 Å². The Bertz CT molecular complexity index is 332. The second-order valence-electron chi connectivity index (χ2n) is 5.68. The Labute approximate surface area is 112 Å². The molecule has 0 aliphatic heterocycles. The smallest absolute Gasteiger partial charge is 0.0199 e. The molecule has 0 unspecified atom stereocenters. The van der Waals surface area contributed by atoms with Gasteiger partial charge >= 0.3 is 0 Å². The van der Waals surface area contributed by atoms with E-state index in [9.17, 15) is 0 Å². The van der Waals surface area contributed by atoms with Gasteiger partial charge in [0.25, 0.3) is 0 Å². The topological polar surface area (TPSA) is 0 Å². The Morgan fingerprint density at radius 1 is 0.941 bits per heavy atom. The van der Waals surface area contributed by atoms with E-state index in [1.807, 2.05) is 25.6 Å². The van der Waals surface area contributed by atoms with Crippen molar-refractivity contribution in [1.82, 2.24) is 0 Å². The molecule has 0 aliphatic rings. The van der Waals surface area contributed by atoms with Crippen molar-refractivity contribution in [3.05, 3.63) is 29.8 Å². The fourth-order valence-electron chi connectivity index (χ4n) is 1.13. The Morgan fingerprint density at radius 3 is 1.88 bits per heavy atom. The first kappa shape index (κ1) is 16.6. The van der Waals surface area contributed by atoms with Gasteiger partial charge in [-0.15, -0.1) is 11.8 Å². The molecule has 1 aromatic rings. The molecule has 1 rings (SSSR count). The van der Waals surface area contributed by atoms with E-state index in [1.165, 1.54) is 10.5 Å². The highest BCUT2D eigenvalue weighted by Gasteiger charge is 2.33. The van der Waals surface area contributed by atoms with Gasteiger partial charge in [-0.05, 0) is 38.3 Å². The van der Waals surface area contributed by atoms with Crippen molar-refractivity contribution >= 4 is 11.8 Å². The molecule has 98 valence electrons. The lowest BCUT2D eigenvalue weighted by atomic mass is 9.83. The second kappa shape index (κ2) is 6.49. The predicted octanol–water partition coefficient (Wildman–Crippen LogP) is 5.94. The number of hydrogen-bond acceptors (Lipinski definition) is 1. The minimum Gasteiger partial charge on any atom is -0.119 e. The van der Waals surface area contributed by atoms with Crippen LogP contribution in [-0.2, 0) is 0 Å². The molecule has 0 heterocycles. The normalized spacial score (nSPS) is 11.8. The number of aryl methyl sites for hydroxylation is 1. The molecule has 0 radical (unpaired) electrons. The summed E-state index contributed by atoms with van der Waals surface area (Å²) in [7, 11) is 0. The van der Waals surface area contributed by atoms with Gasteiger partial charge in [0, 0.05) is 9.64 Å². The van der Waals surface area contributed by atoms with Gasteiger partial charge in [-0.2, -0.15) is 0 Å². The molecule has 0 aromatic heterocycles. The molecule has 0 amide bonds. The highest BCUT2D eigenvalue weighted by atomic mass is 32.2. The van der Waals surface area contributed by atoms with Gasteiger partial charge in [-0.1, -0.05) is 52.3 Å². The average molecular weight is 252 g/mol. The Morgan fingerprint density at radius 2 is 1.47 bits per heavy atom. The molecule has 0 bridgehead atoms. The maximum atomic E-state index is 2.32. The maximum absolute atomic E-state index is 2.32. The third-order valence-electron chi connectivity index (χ3n) is 3.17. The second-order valence-corrected chi connectivity index (χ2v) is 7.38. The summed E-state index contributed by atoms with van der Waals surface area (Å²) < 4.78 is 0.251. The fraction of sp³-hybridized carbons (Fsp3) is 0.625. The van der Waals surface area contributed by atoms with Gasteiger partial charge in [0.2, 0.25) is 0 Å². The molecule has 0 spiro atoms. The van der Waals surface area contributed by atoms with Crippen LogP contribution in [0, 0.1) is 12.3 Å². The first-order chi connectivity index (χ1) is 7.72. The zero-order valence-corrected chi connectivity index (χ0v) is 13.5. The van der Waals surface area contributed by atoms with Crippen molar-refractivity contribution in [2.75, 3.05) is 0 Å². The number of rotatable bonds is 2. The summed E-state index contributed by atoms with van der Waals surface area (Å²) in [5, 5.41) is 0. The summed E-state index contributed by atoms with van der Waals surface area (Å²) >= 11 is 1.97. The molecule has 1 heteroatoms. The van der Waals surface area contributed by atoms with Crippen LogP contribution >= 0.6 is 11.8 Å². The van der Waals surface area contributed by atoms with Crippen LogP contribution in [0.25, 0.3) is 0 Å². The largest absolute Gasteiger partial charge is 0.119 e. The SMILES string of the molecule is CC.Cc1cccc(SC(C)(C)C(C)(C)C)c1. The molecule has 1 aromatic carbocycles. The van der Waals surface area contributed by atoms with Crippen molar-refractivity contribution in [3.63, 3.8) is 0 Å². The third kappa shape index (κ3) is 5.16. The zero-order valence-electron chi connectivity index (χ0n) is 12.7. The highest BCUT2D eigenvalue weighted by molar-refractivity contribution is 8.00. The van der Waals surface area contributed by atoms with Crippen molar-refractivity contribution in [2.24, 2.45) is 5.41 Å². The quantitative estimate of drug-likeness (QED) is 0.587. The van der Waals surface area contributed by atoms with E-state index >= 15 is 0 Å². The Balaban J connectivity index is 0.00000121. The molecule has 0 saturated carbocycles. The number of hydrogen-bond donors (Lipinski definition) is 0. The molecular weight excluding hydrogens is 224 g/mol. The van der Waals surface area contributed by atoms with E-state index in [4.69, 9.17) is 0 Å². The van der Waals surface area contributed by atoms with E-state index in [0.29, 0.717) is 5.41 Å². The molecule has 0 nitrogen and oxygen atoms in total. The lowest BCUT2D eigenvalue weighted by molar-refractivity contribution is 0.320. The van der Waals surface area contributed by atoms with Crippen LogP contribution in [0.15, 0.2) is 29.2 Å². The molecular formula is C16H28S. The van der Waals surface area contributed by atoms with Gasteiger partial charge in [-0.3, -0.25) is 0 Å². The van der Waals surface area contributed by atoms with Crippen molar-refractivity contribution in [3.8, 4) is 0 Å². The summed E-state index contributed by atoms with van der Waals surface area (Å²) in [6.45, 7) is 17.7. The standard InChI is InChI=1S/C14H22S.C2H6/c1-11-8-7-9-12(10-11)15-14(5,6)13(2,3)4;1-2/h7-10H,1-6H3;1-2H3. The monoisotopic (exact) mass is 252 g/mol. The summed E-state index contributed by atoms with van der Waals surface area (Å²) in [4.78, 5) is 1.37. The minimum atomic E-state index is 0.251. The van der Waals surface area contributed by atoms with E-state index < -0.39 is 0 Å². The molecule has 0 N–H and O–H groups in total. The average Bonchev–Trinajstić information content (AvgIpc) is 2.18. The molecule has 0 atom stereocenters. The van der Waals surface area contributed by atoms with E-state index in [-0.39, 0.29) is 4.75 Å². The first-order valence-electron chi connectivity index (χ1n) is 6.48. The Kier molecular flexibility index (Phi) is 6.32. The van der Waals surface area contributed by atoms with Gasteiger partial charge in [0.1, 0.15) is 0 Å².